The summed E-state index contributed by atoms with van der Waals surface area (Å²) in [6.07, 6.45) is 0.374. The van der Waals surface area contributed by atoms with Crippen molar-refractivity contribution in [3.05, 3.63) is 104 Å². The van der Waals surface area contributed by atoms with Crippen LogP contribution in [0.2, 0.25) is 20.1 Å². The average Bonchev–Trinajstić information content (AvgIpc) is 2.89. The highest BCUT2D eigenvalue weighted by molar-refractivity contribution is 7.99. The highest BCUT2D eigenvalue weighted by atomic mass is 35.5. The van der Waals surface area contributed by atoms with E-state index in [4.69, 9.17) is 46.4 Å². The zero-order valence-electron chi connectivity index (χ0n) is 21.2. The normalized spacial score (nSPS) is 11.9. The first-order chi connectivity index (χ1) is 18.2. The molecule has 0 fully saturated rings. The average molecular weight is 612 g/mol. The third kappa shape index (κ3) is 9.10. The summed E-state index contributed by atoms with van der Waals surface area (Å²) < 4.78 is 0. The van der Waals surface area contributed by atoms with Gasteiger partial charge in [-0.05, 0) is 46.9 Å². The van der Waals surface area contributed by atoms with E-state index < -0.39 is 6.04 Å². The first kappa shape index (κ1) is 30.6. The quantitative estimate of drug-likeness (QED) is 0.226. The Labute approximate surface area is 249 Å². The molecule has 0 bridgehead atoms. The minimum absolute atomic E-state index is 0.144. The van der Waals surface area contributed by atoms with Gasteiger partial charge in [-0.1, -0.05) is 103 Å². The molecule has 3 rings (SSSR count). The number of carbonyl (C=O) groups is 2. The number of nitrogens with zero attached hydrogens (tertiary/aromatic N) is 1. The van der Waals surface area contributed by atoms with Gasteiger partial charge in [0, 0.05) is 35.3 Å². The first-order valence-electron chi connectivity index (χ1n) is 12.2. The first-order valence-corrected chi connectivity index (χ1v) is 14.9. The molecule has 2 amide bonds. The van der Waals surface area contributed by atoms with Crippen molar-refractivity contribution in [1.29, 1.82) is 0 Å². The van der Waals surface area contributed by atoms with Gasteiger partial charge in [0.2, 0.25) is 11.8 Å². The fourth-order valence-corrected chi connectivity index (χ4v) is 5.77. The minimum Gasteiger partial charge on any atom is -0.354 e. The monoisotopic (exact) mass is 610 g/mol. The van der Waals surface area contributed by atoms with Crippen LogP contribution in [0.1, 0.15) is 30.5 Å². The maximum absolute atomic E-state index is 13.7. The number of hydrogen-bond donors (Lipinski definition) is 1. The number of carbonyl (C=O) groups excluding carboxylic acids is 2. The van der Waals surface area contributed by atoms with Crippen molar-refractivity contribution < 1.29 is 9.59 Å². The molecule has 3 aromatic rings. The van der Waals surface area contributed by atoms with Crippen molar-refractivity contribution in [3.8, 4) is 0 Å². The van der Waals surface area contributed by atoms with Crippen LogP contribution in [0.3, 0.4) is 0 Å². The Morgan fingerprint density at radius 3 is 2.16 bits per heavy atom. The van der Waals surface area contributed by atoms with Crippen molar-refractivity contribution in [2.75, 3.05) is 12.3 Å². The number of thioether (sulfide) groups is 1. The Balaban J connectivity index is 1.88. The Morgan fingerprint density at radius 2 is 1.53 bits per heavy atom. The van der Waals surface area contributed by atoms with Gasteiger partial charge in [0.15, 0.2) is 0 Å². The van der Waals surface area contributed by atoms with E-state index in [0.717, 1.165) is 16.7 Å². The number of benzene rings is 3. The van der Waals surface area contributed by atoms with Crippen LogP contribution in [0.15, 0.2) is 66.7 Å². The summed E-state index contributed by atoms with van der Waals surface area (Å²) in [5, 5.41) is 4.95. The lowest BCUT2D eigenvalue weighted by Gasteiger charge is -2.32. The summed E-state index contributed by atoms with van der Waals surface area (Å²) in [5.74, 6) is 0.505. The van der Waals surface area contributed by atoms with Crippen LogP contribution in [0, 0.1) is 5.92 Å². The molecular formula is C29H30Cl4N2O2S. The van der Waals surface area contributed by atoms with E-state index in [1.54, 1.807) is 35.2 Å². The molecule has 1 unspecified atom stereocenters. The number of hydrogen-bond acceptors (Lipinski definition) is 3. The summed E-state index contributed by atoms with van der Waals surface area (Å²) in [7, 11) is 0. The molecule has 0 radical (unpaired) electrons. The molecule has 202 valence electrons. The zero-order valence-corrected chi connectivity index (χ0v) is 25.1. The van der Waals surface area contributed by atoms with Gasteiger partial charge in [0.1, 0.15) is 6.04 Å². The van der Waals surface area contributed by atoms with E-state index in [2.05, 4.69) is 5.32 Å². The molecule has 0 aliphatic heterocycles. The van der Waals surface area contributed by atoms with Crippen LogP contribution in [0.4, 0.5) is 0 Å². The van der Waals surface area contributed by atoms with Gasteiger partial charge in [0.25, 0.3) is 0 Å². The SMILES string of the molecule is CC(C)CNC(=O)C(Cc1ccccc1)N(Cc1ccc(Cl)c(Cl)c1)C(=O)CSCc1c(Cl)cccc1Cl. The fraction of sp³-hybridized carbons (Fsp3) is 0.310. The smallest absolute Gasteiger partial charge is 0.243 e. The summed E-state index contributed by atoms with van der Waals surface area (Å²) >= 11 is 26.4. The second kappa shape index (κ2) is 15.0. The topological polar surface area (TPSA) is 49.4 Å². The largest absolute Gasteiger partial charge is 0.354 e. The Hall–Kier alpha value is -1.89. The molecule has 4 nitrogen and oxygen atoms in total. The Morgan fingerprint density at radius 1 is 0.842 bits per heavy atom. The van der Waals surface area contributed by atoms with Crippen LogP contribution in [0.25, 0.3) is 0 Å². The third-order valence-electron chi connectivity index (χ3n) is 5.83. The lowest BCUT2D eigenvalue weighted by Crippen LogP contribution is -2.51. The molecule has 9 heteroatoms. The van der Waals surface area contributed by atoms with Crippen LogP contribution in [-0.2, 0) is 28.3 Å². The van der Waals surface area contributed by atoms with Crippen LogP contribution in [0.5, 0.6) is 0 Å². The summed E-state index contributed by atoms with van der Waals surface area (Å²) in [5.41, 5.74) is 2.52. The summed E-state index contributed by atoms with van der Waals surface area (Å²) in [4.78, 5) is 28.9. The van der Waals surface area contributed by atoms with E-state index in [1.165, 1.54) is 11.8 Å². The summed E-state index contributed by atoms with van der Waals surface area (Å²) in [6, 6.07) is 19.5. The van der Waals surface area contributed by atoms with Gasteiger partial charge >= 0.3 is 0 Å². The maximum Gasteiger partial charge on any atom is 0.243 e. The highest BCUT2D eigenvalue weighted by Gasteiger charge is 2.30. The van der Waals surface area contributed by atoms with Crippen molar-refractivity contribution in [2.45, 2.75) is 38.6 Å². The van der Waals surface area contributed by atoms with Gasteiger partial charge < -0.3 is 10.2 Å². The zero-order chi connectivity index (χ0) is 27.7. The molecule has 1 N–H and O–H groups in total. The molecule has 1 atom stereocenters. The lowest BCUT2D eigenvalue weighted by atomic mass is 10.0. The maximum atomic E-state index is 13.7. The minimum atomic E-state index is -0.720. The Kier molecular flexibility index (Phi) is 12.1. The van der Waals surface area contributed by atoms with E-state index in [9.17, 15) is 9.59 Å². The number of halogens is 4. The second-order valence-corrected chi connectivity index (χ2v) is 11.9. The van der Waals surface area contributed by atoms with Gasteiger partial charge in [-0.3, -0.25) is 9.59 Å². The van der Waals surface area contributed by atoms with Crippen molar-refractivity contribution in [2.24, 2.45) is 5.92 Å². The van der Waals surface area contributed by atoms with Gasteiger partial charge in [-0.2, -0.15) is 0 Å². The van der Waals surface area contributed by atoms with Crippen LogP contribution < -0.4 is 5.32 Å². The molecule has 0 saturated heterocycles. The van der Waals surface area contributed by atoms with E-state index in [-0.39, 0.29) is 30.0 Å². The summed E-state index contributed by atoms with van der Waals surface area (Å²) in [6.45, 7) is 4.78. The molecule has 38 heavy (non-hydrogen) atoms. The molecule has 0 aromatic heterocycles. The predicted molar refractivity (Wildman–Crippen MR) is 161 cm³/mol. The van der Waals surface area contributed by atoms with E-state index >= 15 is 0 Å². The van der Waals surface area contributed by atoms with Crippen molar-refractivity contribution >= 4 is 70.0 Å². The highest BCUT2D eigenvalue weighted by Crippen LogP contribution is 2.29. The van der Waals surface area contributed by atoms with E-state index in [0.29, 0.717) is 38.8 Å². The van der Waals surface area contributed by atoms with Gasteiger partial charge in [-0.15, -0.1) is 11.8 Å². The molecule has 0 spiro atoms. The van der Waals surface area contributed by atoms with Crippen molar-refractivity contribution in [3.63, 3.8) is 0 Å². The number of amides is 2. The third-order valence-corrected chi connectivity index (χ3v) is 8.22. The van der Waals surface area contributed by atoms with Crippen molar-refractivity contribution in [1.82, 2.24) is 10.2 Å². The lowest BCUT2D eigenvalue weighted by molar-refractivity contribution is -0.139. The molecule has 3 aromatic carbocycles. The molecule has 0 heterocycles. The van der Waals surface area contributed by atoms with Crippen LogP contribution >= 0.6 is 58.2 Å². The molecular weight excluding hydrogens is 582 g/mol. The molecule has 0 aliphatic rings. The molecule has 0 aliphatic carbocycles. The second-order valence-electron chi connectivity index (χ2n) is 9.31. The standard InChI is InChI=1S/C29H30Cl4N2O2S/c1-19(2)15-34-29(37)27(14-20-7-4-3-5-8-20)35(16-21-11-12-25(32)26(33)13-21)28(36)18-38-17-22-23(30)9-6-10-24(22)31/h3-13,19,27H,14-18H2,1-2H3,(H,34,37). The van der Waals surface area contributed by atoms with E-state index in [1.807, 2.05) is 50.2 Å². The number of rotatable bonds is 12. The van der Waals surface area contributed by atoms with Gasteiger partial charge in [-0.25, -0.2) is 0 Å². The molecule has 0 saturated carbocycles. The number of nitrogens with one attached hydrogen (secondary N) is 1. The van der Waals surface area contributed by atoms with Gasteiger partial charge in [0.05, 0.1) is 15.8 Å². The predicted octanol–water partition coefficient (Wildman–Crippen LogP) is 7.95. The fourth-order valence-electron chi connectivity index (χ4n) is 3.80. The Bertz CT molecular complexity index is 1220. The van der Waals surface area contributed by atoms with Crippen LogP contribution in [-0.4, -0.2) is 35.1 Å².